The van der Waals surface area contributed by atoms with Crippen LogP contribution < -0.4 is 5.32 Å². The first-order valence-corrected chi connectivity index (χ1v) is 8.26. The SMILES string of the molecule is Cc1coc(C(=O)N2CCC[C@H](NCc3ccccc3)C2)c1C. The summed E-state index contributed by atoms with van der Waals surface area (Å²) in [6, 6.07) is 10.7. The fourth-order valence-electron chi connectivity index (χ4n) is 3.04. The monoisotopic (exact) mass is 312 g/mol. The molecule has 2 aromatic rings. The lowest BCUT2D eigenvalue weighted by molar-refractivity contribution is 0.0661. The Balaban J connectivity index is 1.59. The van der Waals surface area contributed by atoms with E-state index in [1.807, 2.05) is 24.8 Å². The molecule has 122 valence electrons. The number of hydrogen-bond acceptors (Lipinski definition) is 3. The highest BCUT2D eigenvalue weighted by Crippen LogP contribution is 2.20. The summed E-state index contributed by atoms with van der Waals surface area (Å²) in [4.78, 5) is 14.6. The van der Waals surface area contributed by atoms with Crippen LogP contribution in [0.15, 0.2) is 41.0 Å². The summed E-state index contributed by atoms with van der Waals surface area (Å²) < 4.78 is 5.46. The molecule has 2 heterocycles. The van der Waals surface area contributed by atoms with E-state index in [2.05, 4.69) is 29.6 Å². The van der Waals surface area contributed by atoms with Gasteiger partial charge in [-0.05, 0) is 37.8 Å². The number of rotatable bonds is 4. The van der Waals surface area contributed by atoms with Crippen LogP contribution in [0.25, 0.3) is 0 Å². The minimum absolute atomic E-state index is 0.0156. The third kappa shape index (κ3) is 3.64. The number of benzene rings is 1. The lowest BCUT2D eigenvalue weighted by atomic mass is 10.0. The number of carbonyl (C=O) groups is 1. The van der Waals surface area contributed by atoms with E-state index in [1.54, 1.807) is 6.26 Å². The van der Waals surface area contributed by atoms with Gasteiger partial charge in [0.1, 0.15) is 0 Å². The van der Waals surface area contributed by atoms with Crippen molar-refractivity contribution in [2.75, 3.05) is 13.1 Å². The predicted molar refractivity (Wildman–Crippen MR) is 90.4 cm³/mol. The van der Waals surface area contributed by atoms with Gasteiger partial charge in [-0.2, -0.15) is 0 Å². The number of hydrogen-bond donors (Lipinski definition) is 1. The first kappa shape index (κ1) is 15.8. The van der Waals surface area contributed by atoms with Gasteiger partial charge in [-0.1, -0.05) is 30.3 Å². The second-order valence-electron chi connectivity index (χ2n) is 6.33. The maximum Gasteiger partial charge on any atom is 0.289 e. The average molecular weight is 312 g/mol. The molecule has 1 aromatic heterocycles. The van der Waals surface area contributed by atoms with Crippen LogP contribution in [-0.4, -0.2) is 29.9 Å². The Hall–Kier alpha value is -2.07. The van der Waals surface area contributed by atoms with Crippen molar-refractivity contribution >= 4 is 5.91 Å². The number of nitrogens with zero attached hydrogens (tertiary/aromatic N) is 1. The number of likely N-dealkylation sites (tertiary alicyclic amines) is 1. The van der Waals surface area contributed by atoms with Crippen LogP contribution in [0.5, 0.6) is 0 Å². The Morgan fingerprint density at radius 1 is 1.30 bits per heavy atom. The fraction of sp³-hybridized carbons (Fsp3) is 0.421. The summed E-state index contributed by atoms with van der Waals surface area (Å²) in [6.07, 6.45) is 3.79. The van der Waals surface area contributed by atoms with E-state index >= 15 is 0 Å². The van der Waals surface area contributed by atoms with E-state index < -0.39 is 0 Å². The van der Waals surface area contributed by atoms with Crippen LogP contribution in [0.1, 0.15) is 40.1 Å². The van der Waals surface area contributed by atoms with Crippen molar-refractivity contribution in [3.05, 3.63) is 59.0 Å². The molecule has 1 amide bonds. The largest absolute Gasteiger partial charge is 0.459 e. The summed E-state index contributed by atoms with van der Waals surface area (Å²) in [5.74, 6) is 0.507. The van der Waals surface area contributed by atoms with Crippen molar-refractivity contribution < 1.29 is 9.21 Å². The van der Waals surface area contributed by atoms with Crippen LogP contribution >= 0.6 is 0 Å². The van der Waals surface area contributed by atoms with E-state index in [-0.39, 0.29) is 5.91 Å². The van der Waals surface area contributed by atoms with Crippen molar-refractivity contribution in [1.82, 2.24) is 10.2 Å². The molecule has 4 heteroatoms. The van der Waals surface area contributed by atoms with Crippen molar-refractivity contribution in [1.29, 1.82) is 0 Å². The van der Waals surface area contributed by atoms with Crippen molar-refractivity contribution in [2.24, 2.45) is 0 Å². The molecular weight excluding hydrogens is 288 g/mol. The van der Waals surface area contributed by atoms with Gasteiger partial charge in [-0.15, -0.1) is 0 Å². The predicted octanol–water partition coefficient (Wildman–Crippen LogP) is 3.29. The lowest BCUT2D eigenvalue weighted by Gasteiger charge is -2.33. The van der Waals surface area contributed by atoms with Crippen LogP contribution in [0.4, 0.5) is 0 Å². The number of nitrogens with one attached hydrogen (secondary N) is 1. The van der Waals surface area contributed by atoms with E-state index in [0.29, 0.717) is 11.8 Å². The van der Waals surface area contributed by atoms with Gasteiger partial charge < -0.3 is 14.6 Å². The van der Waals surface area contributed by atoms with Crippen LogP contribution in [-0.2, 0) is 6.54 Å². The van der Waals surface area contributed by atoms with Gasteiger partial charge in [0, 0.05) is 31.2 Å². The normalized spacial score (nSPS) is 18.2. The molecule has 0 saturated carbocycles. The van der Waals surface area contributed by atoms with Gasteiger partial charge in [0.25, 0.3) is 5.91 Å². The second-order valence-corrected chi connectivity index (χ2v) is 6.33. The Labute approximate surface area is 137 Å². The Morgan fingerprint density at radius 2 is 2.09 bits per heavy atom. The summed E-state index contributed by atoms with van der Waals surface area (Å²) in [6.45, 7) is 6.30. The zero-order valence-corrected chi connectivity index (χ0v) is 13.8. The smallest absolute Gasteiger partial charge is 0.289 e. The molecule has 1 aliphatic rings. The Kier molecular flexibility index (Phi) is 4.82. The van der Waals surface area contributed by atoms with Gasteiger partial charge in [0.2, 0.25) is 0 Å². The van der Waals surface area contributed by atoms with Crippen molar-refractivity contribution in [2.45, 2.75) is 39.3 Å². The summed E-state index contributed by atoms with van der Waals surface area (Å²) in [5.41, 5.74) is 3.26. The molecular formula is C19H24N2O2. The molecule has 1 atom stereocenters. The number of furan rings is 1. The molecule has 3 rings (SSSR count). The zero-order valence-electron chi connectivity index (χ0n) is 13.8. The Bertz CT molecular complexity index is 663. The summed E-state index contributed by atoms with van der Waals surface area (Å²) >= 11 is 0. The Morgan fingerprint density at radius 3 is 2.78 bits per heavy atom. The number of amides is 1. The lowest BCUT2D eigenvalue weighted by Crippen LogP contribution is -2.47. The van der Waals surface area contributed by atoms with Crippen LogP contribution in [0.2, 0.25) is 0 Å². The van der Waals surface area contributed by atoms with Crippen molar-refractivity contribution in [3.63, 3.8) is 0 Å². The highest BCUT2D eigenvalue weighted by molar-refractivity contribution is 5.93. The minimum Gasteiger partial charge on any atom is -0.459 e. The second kappa shape index (κ2) is 7.01. The van der Waals surface area contributed by atoms with Crippen LogP contribution in [0.3, 0.4) is 0 Å². The van der Waals surface area contributed by atoms with Crippen molar-refractivity contribution in [3.8, 4) is 0 Å². The van der Waals surface area contributed by atoms with Gasteiger partial charge in [0.15, 0.2) is 5.76 Å². The molecule has 1 saturated heterocycles. The zero-order chi connectivity index (χ0) is 16.2. The fourth-order valence-corrected chi connectivity index (χ4v) is 3.04. The molecule has 1 fully saturated rings. The molecule has 1 aromatic carbocycles. The highest BCUT2D eigenvalue weighted by atomic mass is 16.3. The van der Waals surface area contributed by atoms with Gasteiger partial charge >= 0.3 is 0 Å². The van der Waals surface area contributed by atoms with Crippen LogP contribution in [0, 0.1) is 13.8 Å². The minimum atomic E-state index is 0.0156. The average Bonchev–Trinajstić information content (AvgIpc) is 2.93. The molecule has 1 N–H and O–H groups in total. The molecule has 1 aliphatic heterocycles. The van der Waals surface area contributed by atoms with E-state index in [0.717, 1.165) is 43.6 Å². The molecule has 4 nitrogen and oxygen atoms in total. The molecule has 0 unspecified atom stereocenters. The number of aryl methyl sites for hydroxylation is 1. The first-order chi connectivity index (χ1) is 11.1. The molecule has 0 radical (unpaired) electrons. The molecule has 0 bridgehead atoms. The van der Waals surface area contributed by atoms with E-state index in [9.17, 15) is 4.79 Å². The summed E-state index contributed by atoms with van der Waals surface area (Å²) in [5, 5.41) is 3.57. The maximum atomic E-state index is 12.7. The van der Waals surface area contributed by atoms with Gasteiger partial charge in [-0.3, -0.25) is 4.79 Å². The quantitative estimate of drug-likeness (QED) is 0.942. The third-order valence-electron chi connectivity index (χ3n) is 4.63. The van der Waals surface area contributed by atoms with E-state index in [4.69, 9.17) is 4.42 Å². The first-order valence-electron chi connectivity index (χ1n) is 8.26. The number of piperidine rings is 1. The molecule has 0 aliphatic carbocycles. The van der Waals surface area contributed by atoms with E-state index in [1.165, 1.54) is 5.56 Å². The summed E-state index contributed by atoms with van der Waals surface area (Å²) in [7, 11) is 0. The van der Waals surface area contributed by atoms with Gasteiger partial charge in [0.05, 0.1) is 6.26 Å². The molecule has 0 spiro atoms. The third-order valence-corrected chi connectivity index (χ3v) is 4.63. The highest BCUT2D eigenvalue weighted by Gasteiger charge is 2.27. The molecule has 23 heavy (non-hydrogen) atoms. The van der Waals surface area contributed by atoms with Gasteiger partial charge in [-0.25, -0.2) is 0 Å². The topological polar surface area (TPSA) is 45.5 Å². The standard InChI is InChI=1S/C19H24N2O2/c1-14-13-23-18(15(14)2)19(22)21-10-6-9-17(12-21)20-11-16-7-4-3-5-8-16/h3-5,7-8,13,17,20H,6,9-12H2,1-2H3/t17-/m0/s1. The number of carbonyl (C=O) groups excluding carboxylic acids is 1. The maximum absolute atomic E-state index is 12.7.